The third kappa shape index (κ3) is 3.30. The van der Waals surface area contributed by atoms with E-state index in [9.17, 15) is 9.90 Å². The number of hydrogen-bond donors (Lipinski definition) is 1. The summed E-state index contributed by atoms with van der Waals surface area (Å²) < 4.78 is 5.06. The van der Waals surface area contributed by atoms with Gasteiger partial charge in [-0.1, -0.05) is 37.3 Å². The van der Waals surface area contributed by atoms with Crippen molar-refractivity contribution in [3.05, 3.63) is 35.9 Å². The number of benzene rings is 1. The molecule has 3 heteroatoms. The van der Waals surface area contributed by atoms with E-state index in [1.54, 1.807) is 6.92 Å². The number of ether oxygens (including phenoxy) is 1. The largest absolute Gasteiger partial charge is 0.465 e. The highest BCUT2D eigenvalue weighted by molar-refractivity contribution is 5.77. The minimum absolute atomic E-state index is 0.183. The zero-order valence-electron chi connectivity index (χ0n) is 10.5. The predicted molar refractivity (Wildman–Crippen MR) is 66.6 cm³/mol. The summed E-state index contributed by atoms with van der Waals surface area (Å²) in [5, 5.41) is 9.53. The van der Waals surface area contributed by atoms with Crippen LogP contribution in [-0.4, -0.2) is 24.3 Å². The van der Waals surface area contributed by atoms with Crippen molar-refractivity contribution in [2.45, 2.75) is 26.7 Å². The topological polar surface area (TPSA) is 46.5 Å². The van der Waals surface area contributed by atoms with Gasteiger partial charge in [-0.2, -0.15) is 0 Å². The van der Waals surface area contributed by atoms with Crippen LogP contribution in [0.3, 0.4) is 0 Å². The summed E-state index contributed by atoms with van der Waals surface area (Å²) in [5.74, 6) is -0.311. The Hall–Kier alpha value is -1.35. The zero-order valence-corrected chi connectivity index (χ0v) is 10.5. The van der Waals surface area contributed by atoms with E-state index >= 15 is 0 Å². The number of esters is 1. The first-order chi connectivity index (χ1) is 8.18. The van der Waals surface area contributed by atoms with E-state index in [0.29, 0.717) is 19.4 Å². The SMILES string of the molecule is CCOC(=O)[C@](CC)(CO)Cc1ccccc1. The Kier molecular flexibility index (Phi) is 5.16. The molecule has 0 amide bonds. The summed E-state index contributed by atoms with van der Waals surface area (Å²) in [7, 11) is 0. The van der Waals surface area contributed by atoms with E-state index in [0.717, 1.165) is 5.56 Å². The number of hydrogen-bond acceptors (Lipinski definition) is 3. The minimum atomic E-state index is -0.808. The van der Waals surface area contributed by atoms with Crippen molar-refractivity contribution < 1.29 is 14.6 Å². The van der Waals surface area contributed by atoms with Crippen LogP contribution >= 0.6 is 0 Å². The van der Waals surface area contributed by atoms with E-state index < -0.39 is 5.41 Å². The number of aliphatic hydroxyl groups is 1. The first kappa shape index (κ1) is 13.7. The molecule has 0 unspecified atom stereocenters. The molecule has 94 valence electrons. The zero-order chi connectivity index (χ0) is 12.7. The lowest BCUT2D eigenvalue weighted by Crippen LogP contribution is -2.38. The van der Waals surface area contributed by atoms with Crippen LogP contribution in [0.2, 0.25) is 0 Å². The van der Waals surface area contributed by atoms with Crippen molar-refractivity contribution in [1.82, 2.24) is 0 Å². The van der Waals surface area contributed by atoms with E-state index in [4.69, 9.17) is 4.74 Å². The van der Waals surface area contributed by atoms with Crippen LogP contribution in [0.4, 0.5) is 0 Å². The quantitative estimate of drug-likeness (QED) is 0.770. The first-order valence-electron chi connectivity index (χ1n) is 6.00. The fourth-order valence-electron chi connectivity index (χ4n) is 1.84. The third-order valence-corrected chi connectivity index (χ3v) is 3.07. The standard InChI is InChI=1S/C14H20O3/c1-3-14(11-15,13(16)17-4-2)10-12-8-6-5-7-9-12/h5-9,15H,3-4,10-11H2,1-2H3/t14-/m0/s1. The molecule has 1 rings (SSSR count). The van der Waals surface area contributed by atoms with Crippen LogP contribution in [0.1, 0.15) is 25.8 Å². The van der Waals surface area contributed by atoms with Gasteiger partial charge in [-0.05, 0) is 25.3 Å². The van der Waals surface area contributed by atoms with Gasteiger partial charge >= 0.3 is 5.97 Å². The lowest BCUT2D eigenvalue weighted by atomic mass is 9.80. The lowest BCUT2D eigenvalue weighted by Gasteiger charge is -2.28. The van der Waals surface area contributed by atoms with Gasteiger partial charge in [0.1, 0.15) is 0 Å². The molecule has 1 atom stereocenters. The van der Waals surface area contributed by atoms with Crippen LogP contribution < -0.4 is 0 Å². The van der Waals surface area contributed by atoms with Gasteiger partial charge in [0, 0.05) is 0 Å². The third-order valence-electron chi connectivity index (χ3n) is 3.07. The molecule has 1 aromatic carbocycles. The molecular weight excluding hydrogens is 216 g/mol. The molecule has 0 aliphatic heterocycles. The predicted octanol–water partition coefficient (Wildman–Crippen LogP) is 2.18. The Bertz CT molecular complexity index is 342. The second-order valence-electron chi connectivity index (χ2n) is 4.17. The van der Waals surface area contributed by atoms with Gasteiger partial charge in [-0.3, -0.25) is 4.79 Å². The Morgan fingerprint density at radius 2 is 1.94 bits per heavy atom. The lowest BCUT2D eigenvalue weighted by molar-refractivity contribution is -0.158. The molecule has 3 nitrogen and oxygen atoms in total. The summed E-state index contributed by atoms with van der Waals surface area (Å²) in [5.41, 5.74) is 0.230. The molecule has 1 N–H and O–H groups in total. The molecule has 0 saturated carbocycles. The molecule has 0 aliphatic carbocycles. The van der Waals surface area contributed by atoms with E-state index in [2.05, 4.69) is 0 Å². The second kappa shape index (κ2) is 6.40. The van der Waals surface area contributed by atoms with Gasteiger partial charge < -0.3 is 9.84 Å². The molecule has 0 radical (unpaired) electrons. The Morgan fingerprint density at radius 3 is 2.41 bits per heavy atom. The number of aliphatic hydroxyl groups excluding tert-OH is 1. The molecule has 0 saturated heterocycles. The van der Waals surface area contributed by atoms with Crippen molar-refractivity contribution in [2.75, 3.05) is 13.2 Å². The maximum absolute atomic E-state index is 11.9. The average Bonchev–Trinajstić information content (AvgIpc) is 2.37. The summed E-state index contributed by atoms with van der Waals surface area (Å²) in [6, 6.07) is 9.70. The summed E-state index contributed by atoms with van der Waals surface area (Å²) in [6.07, 6.45) is 1.08. The van der Waals surface area contributed by atoms with Crippen molar-refractivity contribution >= 4 is 5.97 Å². The average molecular weight is 236 g/mol. The summed E-state index contributed by atoms with van der Waals surface area (Å²) in [6.45, 7) is 3.83. The molecule has 0 heterocycles. The van der Waals surface area contributed by atoms with Crippen LogP contribution in [0.15, 0.2) is 30.3 Å². The van der Waals surface area contributed by atoms with E-state index in [-0.39, 0.29) is 12.6 Å². The minimum Gasteiger partial charge on any atom is -0.465 e. The van der Waals surface area contributed by atoms with Gasteiger partial charge in [0.05, 0.1) is 18.6 Å². The fraction of sp³-hybridized carbons (Fsp3) is 0.500. The van der Waals surface area contributed by atoms with Gasteiger partial charge in [0.25, 0.3) is 0 Å². The number of carbonyl (C=O) groups is 1. The molecule has 0 aromatic heterocycles. The number of carbonyl (C=O) groups excluding carboxylic acids is 1. The fourth-order valence-corrected chi connectivity index (χ4v) is 1.84. The molecule has 0 bridgehead atoms. The normalized spacial score (nSPS) is 14.1. The molecule has 0 aliphatic rings. The first-order valence-corrected chi connectivity index (χ1v) is 6.00. The van der Waals surface area contributed by atoms with Crippen molar-refractivity contribution in [3.8, 4) is 0 Å². The highest BCUT2D eigenvalue weighted by atomic mass is 16.5. The molecular formula is C14H20O3. The Balaban J connectivity index is 2.88. The van der Waals surface area contributed by atoms with Crippen molar-refractivity contribution in [3.63, 3.8) is 0 Å². The van der Waals surface area contributed by atoms with E-state index in [1.807, 2.05) is 37.3 Å². The summed E-state index contributed by atoms with van der Waals surface area (Å²) in [4.78, 5) is 11.9. The van der Waals surface area contributed by atoms with Gasteiger partial charge in [-0.15, -0.1) is 0 Å². The van der Waals surface area contributed by atoms with Crippen molar-refractivity contribution in [1.29, 1.82) is 0 Å². The highest BCUT2D eigenvalue weighted by Gasteiger charge is 2.37. The molecule has 0 fully saturated rings. The maximum atomic E-state index is 11.9. The van der Waals surface area contributed by atoms with Crippen LogP contribution in [0.5, 0.6) is 0 Å². The smallest absolute Gasteiger partial charge is 0.314 e. The molecule has 0 spiro atoms. The monoisotopic (exact) mass is 236 g/mol. The van der Waals surface area contributed by atoms with E-state index in [1.165, 1.54) is 0 Å². The summed E-state index contributed by atoms with van der Waals surface area (Å²) >= 11 is 0. The maximum Gasteiger partial charge on any atom is 0.314 e. The van der Waals surface area contributed by atoms with Crippen LogP contribution in [-0.2, 0) is 16.0 Å². The number of rotatable bonds is 6. The Morgan fingerprint density at radius 1 is 1.29 bits per heavy atom. The molecule has 17 heavy (non-hydrogen) atoms. The second-order valence-corrected chi connectivity index (χ2v) is 4.17. The van der Waals surface area contributed by atoms with Crippen molar-refractivity contribution in [2.24, 2.45) is 5.41 Å². The Labute approximate surface area is 102 Å². The highest BCUT2D eigenvalue weighted by Crippen LogP contribution is 2.28. The van der Waals surface area contributed by atoms with Gasteiger partial charge in [-0.25, -0.2) is 0 Å². The van der Waals surface area contributed by atoms with Crippen LogP contribution in [0.25, 0.3) is 0 Å². The molecule has 1 aromatic rings. The van der Waals surface area contributed by atoms with Gasteiger partial charge in [0.15, 0.2) is 0 Å². The van der Waals surface area contributed by atoms with Gasteiger partial charge in [0.2, 0.25) is 0 Å². The van der Waals surface area contributed by atoms with Crippen LogP contribution in [0, 0.1) is 5.41 Å².